The number of benzene rings is 2. The summed E-state index contributed by atoms with van der Waals surface area (Å²) in [7, 11) is 4.44. The monoisotopic (exact) mass is 555 g/mol. The molecule has 0 bridgehead atoms. The van der Waals surface area contributed by atoms with E-state index < -0.39 is 12.0 Å². The Bertz CT molecular complexity index is 1590. The minimum absolute atomic E-state index is 0.244. The second-order valence-electron chi connectivity index (χ2n) is 8.56. The van der Waals surface area contributed by atoms with Crippen molar-refractivity contribution in [3.05, 3.63) is 83.5 Å². The number of ether oxygens (including phenoxy) is 3. The molecule has 1 aliphatic heterocycles. The van der Waals surface area contributed by atoms with Crippen molar-refractivity contribution < 1.29 is 19.0 Å². The molecular weight excluding hydrogens is 526 g/mol. The minimum atomic E-state index is -0.832. The van der Waals surface area contributed by atoms with Gasteiger partial charge in [0.25, 0.3) is 5.56 Å². The van der Waals surface area contributed by atoms with E-state index in [1.807, 2.05) is 18.2 Å². The lowest BCUT2D eigenvalue weighted by atomic mass is 9.95. The number of aromatic nitrogens is 1. The van der Waals surface area contributed by atoms with E-state index in [4.69, 9.17) is 25.8 Å². The number of nitrogens with zero attached hydrogens (tertiary/aromatic N) is 3. The van der Waals surface area contributed by atoms with Gasteiger partial charge in [-0.25, -0.2) is 9.79 Å². The zero-order valence-corrected chi connectivity index (χ0v) is 23.8. The van der Waals surface area contributed by atoms with Gasteiger partial charge in [0, 0.05) is 41.0 Å². The number of carbonyl (C=O) groups is 1. The van der Waals surface area contributed by atoms with Crippen LogP contribution in [0, 0.1) is 0 Å². The summed E-state index contributed by atoms with van der Waals surface area (Å²) in [5, 5.41) is 0.444. The average molecular weight is 556 g/mol. The van der Waals surface area contributed by atoms with Crippen LogP contribution in [0.2, 0.25) is 5.02 Å². The van der Waals surface area contributed by atoms with Crippen molar-refractivity contribution in [2.24, 2.45) is 4.99 Å². The maximum Gasteiger partial charge on any atom is 0.338 e. The predicted molar refractivity (Wildman–Crippen MR) is 150 cm³/mol. The molecule has 0 saturated heterocycles. The first-order chi connectivity index (χ1) is 18.3. The molecular formula is C28H30ClN3O5S. The van der Waals surface area contributed by atoms with Crippen molar-refractivity contribution in [1.82, 2.24) is 4.57 Å². The van der Waals surface area contributed by atoms with E-state index in [0.717, 1.165) is 24.3 Å². The third-order valence-corrected chi connectivity index (χ3v) is 7.76. The highest BCUT2D eigenvalue weighted by Gasteiger charge is 2.35. The number of esters is 1. The third kappa shape index (κ3) is 4.96. The van der Waals surface area contributed by atoms with E-state index in [0.29, 0.717) is 37.1 Å². The van der Waals surface area contributed by atoms with E-state index in [1.54, 1.807) is 38.3 Å². The summed E-state index contributed by atoms with van der Waals surface area (Å²) in [5.74, 6) is 0.555. The number of hydrogen-bond donors (Lipinski definition) is 0. The molecule has 8 nitrogen and oxygen atoms in total. The van der Waals surface area contributed by atoms with Crippen molar-refractivity contribution in [2.75, 3.05) is 39.3 Å². The Morgan fingerprint density at radius 2 is 1.82 bits per heavy atom. The molecule has 2 heterocycles. The van der Waals surface area contributed by atoms with Crippen LogP contribution in [0.1, 0.15) is 37.9 Å². The fourth-order valence-corrected chi connectivity index (χ4v) is 5.87. The van der Waals surface area contributed by atoms with Gasteiger partial charge in [-0.2, -0.15) is 0 Å². The molecule has 200 valence electrons. The molecule has 0 spiro atoms. The molecule has 10 heteroatoms. The molecule has 0 amide bonds. The van der Waals surface area contributed by atoms with Crippen LogP contribution in [0.4, 0.5) is 5.69 Å². The smallest absolute Gasteiger partial charge is 0.338 e. The van der Waals surface area contributed by atoms with Crippen molar-refractivity contribution in [3.63, 3.8) is 0 Å². The molecule has 0 fully saturated rings. The van der Waals surface area contributed by atoms with Gasteiger partial charge in [-0.15, -0.1) is 0 Å². The lowest BCUT2D eigenvalue weighted by molar-refractivity contribution is -0.136. The lowest BCUT2D eigenvalue weighted by Gasteiger charge is -2.25. The fraction of sp³-hybridized carbons (Fsp3) is 0.321. The van der Waals surface area contributed by atoms with Crippen molar-refractivity contribution in [3.8, 4) is 11.5 Å². The molecule has 0 N–H and O–H groups in total. The van der Waals surface area contributed by atoms with Crippen LogP contribution < -0.4 is 29.3 Å². The van der Waals surface area contributed by atoms with Crippen molar-refractivity contribution in [2.45, 2.75) is 26.8 Å². The Morgan fingerprint density at radius 3 is 2.45 bits per heavy atom. The first-order valence-electron chi connectivity index (χ1n) is 12.1. The molecule has 1 atom stereocenters. The van der Waals surface area contributed by atoms with Crippen molar-refractivity contribution >= 4 is 40.7 Å². The van der Waals surface area contributed by atoms with Crippen LogP contribution in [0.5, 0.6) is 11.5 Å². The molecule has 0 radical (unpaired) electrons. The Hall–Kier alpha value is -3.56. The lowest BCUT2D eigenvalue weighted by Crippen LogP contribution is -2.40. The number of rotatable bonds is 8. The number of hydrogen-bond acceptors (Lipinski definition) is 8. The van der Waals surface area contributed by atoms with Gasteiger partial charge in [0.1, 0.15) is 17.5 Å². The van der Waals surface area contributed by atoms with Crippen LogP contribution >= 0.6 is 22.9 Å². The first kappa shape index (κ1) is 27.5. The predicted octanol–water partition coefficient (Wildman–Crippen LogP) is 3.93. The Morgan fingerprint density at radius 1 is 1.11 bits per heavy atom. The molecule has 3 aromatic rings. The van der Waals surface area contributed by atoms with Crippen LogP contribution in [-0.4, -0.2) is 45.0 Å². The van der Waals surface area contributed by atoms with Crippen LogP contribution in [0.3, 0.4) is 0 Å². The first-order valence-corrected chi connectivity index (χ1v) is 13.3. The molecule has 0 aliphatic carbocycles. The van der Waals surface area contributed by atoms with Gasteiger partial charge >= 0.3 is 5.97 Å². The number of methoxy groups -OCH3 is 3. The Balaban J connectivity index is 1.96. The molecule has 4 rings (SSSR count). The van der Waals surface area contributed by atoms with Crippen LogP contribution in [0.25, 0.3) is 6.08 Å². The zero-order chi connectivity index (χ0) is 27.6. The number of thiazole rings is 1. The summed E-state index contributed by atoms with van der Waals surface area (Å²) in [5.41, 5.74) is 2.75. The second kappa shape index (κ2) is 11.4. The quantitative estimate of drug-likeness (QED) is 0.392. The van der Waals surface area contributed by atoms with E-state index >= 15 is 0 Å². The highest BCUT2D eigenvalue weighted by molar-refractivity contribution is 7.07. The van der Waals surface area contributed by atoms with E-state index in [1.165, 1.54) is 30.1 Å². The SMILES string of the molecule is CCN(CC)c1ccc(/C=c2\sc3n(c2=O)[C@H](c2cc(Cl)ccc2OC)C(C(=O)OC)=C(C)N=3)c(OC)c1. The summed E-state index contributed by atoms with van der Waals surface area (Å²) < 4.78 is 18.3. The fourth-order valence-electron chi connectivity index (χ4n) is 4.65. The summed E-state index contributed by atoms with van der Waals surface area (Å²) in [6.45, 7) is 7.66. The molecule has 0 saturated carbocycles. The summed E-state index contributed by atoms with van der Waals surface area (Å²) in [6, 6.07) is 10.2. The van der Waals surface area contributed by atoms with Gasteiger partial charge in [-0.05, 0) is 57.2 Å². The van der Waals surface area contributed by atoms with E-state index in [9.17, 15) is 9.59 Å². The van der Waals surface area contributed by atoms with Gasteiger partial charge in [0.05, 0.1) is 37.1 Å². The molecule has 0 unspecified atom stereocenters. The maximum absolute atomic E-state index is 13.9. The number of allylic oxidation sites excluding steroid dienone is 1. The average Bonchev–Trinajstić information content (AvgIpc) is 3.22. The van der Waals surface area contributed by atoms with E-state index in [2.05, 4.69) is 23.7 Å². The van der Waals surface area contributed by atoms with Gasteiger partial charge in [-0.3, -0.25) is 9.36 Å². The zero-order valence-electron chi connectivity index (χ0n) is 22.2. The second-order valence-corrected chi connectivity index (χ2v) is 10.0. The van der Waals surface area contributed by atoms with Crippen LogP contribution in [-0.2, 0) is 9.53 Å². The van der Waals surface area contributed by atoms with Gasteiger partial charge in [0.2, 0.25) is 0 Å². The number of carbonyl (C=O) groups excluding carboxylic acids is 1. The molecule has 1 aromatic heterocycles. The Kier molecular flexibility index (Phi) is 8.28. The maximum atomic E-state index is 13.9. The van der Waals surface area contributed by atoms with Gasteiger partial charge < -0.3 is 19.1 Å². The summed E-state index contributed by atoms with van der Waals surface area (Å²) >= 11 is 7.58. The van der Waals surface area contributed by atoms with Crippen molar-refractivity contribution in [1.29, 1.82) is 0 Å². The normalized spacial score (nSPS) is 15.1. The number of fused-ring (bicyclic) bond motifs is 1. The van der Waals surface area contributed by atoms with Crippen LogP contribution in [0.15, 0.2) is 57.5 Å². The molecule has 38 heavy (non-hydrogen) atoms. The summed E-state index contributed by atoms with van der Waals surface area (Å²) in [6.07, 6.45) is 1.79. The van der Waals surface area contributed by atoms with Gasteiger partial charge in [0.15, 0.2) is 4.80 Å². The van der Waals surface area contributed by atoms with Gasteiger partial charge in [-0.1, -0.05) is 22.9 Å². The highest BCUT2D eigenvalue weighted by atomic mass is 35.5. The largest absolute Gasteiger partial charge is 0.496 e. The molecule has 1 aliphatic rings. The Labute approximate surface area is 230 Å². The minimum Gasteiger partial charge on any atom is -0.496 e. The summed E-state index contributed by atoms with van der Waals surface area (Å²) in [4.78, 5) is 34.1. The topological polar surface area (TPSA) is 82.4 Å². The standard InChI is InChI=1S/C28H30ClN3O5S/c1-7-31(8-2)19-11-9-17(22(15-19)36-5)13-23-26(33)32-25(20-14-18(29)10-12-21(20)35-4)24(27(34)37-6)16(3)30-28(32)38-23/h9-15,25H,7-8H2,1-6H3/b23-13-/t25-/m1/s1. The van der Waals surface area contributed by atoms with E-state index in [-0.39, 0.29) is 11.1 Å². The molecule has 2 aromatic carbocycles. The number of halogens is 1. The third-order valence-electron chi connectivity index (χ3n) is 6.55. The number of anilines is 1. The highest BCUT2D eigenvalue weighted by Crippen LogP contribution is 2.37.